The van der Waals surface area contributed by atoms with Gasteiger partial charge in [-0.15, -0.1) is 12.4 Å². The fourth-order valence-corrected chi connectivity index (χ4v) is 2.37. The SMILES string of the molecule is Cl.O=S(=O)(O)c1ccc2oc3ccccc3c2c1. The zero-order valence-corrected chi connectivity index (χ0v) is 10.7. The first-order valence-corrected chi connectivity index (χ1v) is 6.38. The second-order valence-corrected chi connectivity index (χ2v) is 5.15. The molecule has 0 saturated heterocycles. The van der Waals surface area contributed by atoms with Gasteiger partial charge in [-0.2, -0.15) is 8.42 Å². The van der Waals surface area contributed by atoms with Crippen molar-refractivity contribution in [2.75, 3.05) is 0 Å². The Morgan fingerprint density at radius 1 is 0.944 bits per heavy atom. The summed E-state index contributed by atoms with van der Waals surface area (Å²) in [6, 6.07) is 11.6. The van der Waals surface area contributed by atoms with Crippen molar-refractivity contribution in [1.82, 2.24) is 0 Å². The Morgan fingerprint density at radius 3 is 2.33 bits per heavy atom. The van der Waals surface area contributed by atoms with E-state index in [-0.39, 0.29) is 17.3 Å². The van der Waals surface area contributed by atoms with Gasteiger partial charge in [-0.3, -0.25) is 4.55 Å². The summed E-state index contributed by atoms with van der Waals surface area (Å²) in [5.74, 6) is 0. The monoisotopic (exact) mass is 284 g/mol. The van der Waals surface area contributed by atoms with Gasteiger partial charge in [0.25, 0.3) is 10.1 Å². The highest BCUT2D eigenvalue weighted by atomic mass is 35.5. The lowest BCUT2D eigenvalue weighted by molar-refractivity contribution is 0.483. The van der Waals surface area contributed by atoms with Crippen LogP contribution in [0, 0.1) is 0 Å². The number of fused-ring (bicyclic) bond motifs is 3. The van der Waals surface area contributed by atoms with Gasteiger partial charge in [0.1, 0.15) is 11.2 Å². The molecule has 0 amide bonds. The Hall–Kier alpha value is -1.56. The molecule has 18 heavy (non-hydrogen) atoms. The third-order valence-electron chi connectivity index (χ3n) is 2.65. The number of para-hydroxylation sites is 1. The summed E-state index contributed by atoms with van der Waals surface area (Å²) in [6.07, 6.45) is 0. The van der Waals surface area contributed by atoms with Crippen molar-refractivity contribution in [3.05, 3.63) is 42.5 Å². The van der Waals surface area contributed by atoms with Crippen molar-refractivity contribution in [2.24, 2.45) is 0 Å². The summed E-state index contributed by atoms with van der Waals surface area (Å²) in [4.78, 5) is -0.128. The summed E-state index contributed by atoms with van der Waals surface area (Å²) in [5.41, 5.74) is 1.29. The Morgan fingerprint density at radius 2 is 1.61 bits per heavy atom. The minimum absolute atomic E-state index is 0. The van der Waals surface area contributed by atoms with E-state index in [0.717, 1.165) is 5.39 Å². The largest absolute Gasteiger partial charge is 0.456 e. The molecule has 4 nitrogen and oxygen atoms in total. The first-order valence-electron chi connectivity index (χ1n) is 4.94. The Kier molecular flexibility index (Phi) is 3.06. The predicted octanol–water partition coefficient (Wildman–Crippen LogP) is 3.25. The number of halogens is 1. The standard InChI is InChI=1S/C12H8O4S.ClH/c13-17(14,15)8-5-6-12-10(7-8)9-3-1-2-4-11(9)16-12;/h1-7H,(H,13,14,15);1H. The summed E-state index contributed by atoms with van der Waals surface area (Å²) in [5, 5.41) is 1.50. The van der Waals surface area contributed by atoms with Crippen LogP contribution in [0.3, 0.4) is 0 Å². The van der Waals surface area contributed by atoms with Crippen LogP contribution in [0.25, 0.3) is 21.9 Å². The minimum Gasteiger partial charge on any atom is -0.456 e. The lowest BCUT2D eigenvalue weighted by Gasteiger charge is -1.95. The predicted molar refractivity (Wildman–Crippen MR) is 70.8 cm³/mol. The average molecular weight is 285 g/mol. The number of hydrogen-bond donors (Lipinski definition) is 1. The van der Waals surface area contributed by atoms with Crippen LogP contribution in [0.1, 0.15) is 0 Å². The fraction of sp³-hybridized carbons (Fsp3) is 0. The molecule has 0 aliphatic rings. The Labute approximate surface area is 109 Å². The summed E-state index contributed by atoms with van der Waals surface area (Å²) >= 11 is 0. The molecular formula is C12H9ClO4S. The molecule has 0 fully saturated rings. The third-order valence-corrected chi connectivity index (χ3v) is 3.50. The molecule has 2 aromatic carbocycles. The maximum atomic E-state index is 11.1. The van der Waals surface area contributed by atoms with Crippen LogP contribution in [-0.2, 0) is 10.1 Å². The Bertz CT molecular complexity index is 820. The van der Waals surface area contributed by atoms with Crippen molar-refractivity contribution >= 4 is 44.5 Å². The molecule has 0 atom stereocenters. The van der Waals surface area contributed by atoms with Crippen molar-refractivity contribution in [3.63, 3.8) is 0 Å². The van der Waals surface area contributed by atoms with Gasteiger partial charge in [0, 0.05) is 10.8 Å². The van der Waals surface area contributed by atoms with Crippen LogP contribution in [0.2, 0.25) is 0 Å². The van der Waals surface area contributed by atoms with Crippen molar-refractivity contribution in [1.29, 1.82) is 0 Å². The highest BCUT2D eigenvalue weighted by Crippen LogP contribution is 2.29. The van der Waals surface area contributed by atoms with Gasteiger partial charge in [0.05, 0.1) is 4.90 Å². The van der Waals surface area contributed by atoms with Crippen molar-refractivity contribution in [3.8, 4) is 0 Å². The van der Waals surface area contributed by atoms with Crippen molar-refractivity contribution < 1.29 is 17.4 Å². The molecule has 0 aliphatic heterocycles. The minimum atomic E-state index is -4.18. The van der Waals surface area contributed by atoms with Crippen LogP contribution in [0.15, 0.2) is 51.8 Å². The van der Waals surface area contributed by atoms with E-state index in [1.807, 2.05) is 24.3 Å². The summed E-state index contributed by atoms with van der Waals surface area (Å²) in [7, 11) is -4.18. The van der Waals surface area contributed by atoms with E-state index in [1.165, 1.54) is 12.1 Å². The lowest BCUT2D eigenvalue weighted by atomic mass is 10.1. The smallest absolute Gasteiger partial charge is 0.294 e. The molecule has 0 radical (unpaired) electrons. The molecule has 0 unspecified atom stereocenters. The van der Waals surface area contributed by atoms with Crippen LogP contribution >= 0.6 is 12.4 Å². The number of furan rings is 1. The van der Waals surface area contributed by atoms with Gasteiger partial charge in [0.15, 0.2) is 0 Å². The first-order chi connectivity index (χ1) is 8.05. The quantitative estimate of drug-likeness (QED) is 0.697. The van der Waals surface area contributed by atoms with Crippen LogP contribution in [0.4, 0.5) is 0 Å². The molecule has 3 aromatic rings. The normalized spacial score (nSPS) is 11.6. The van der Waals surface area contributed by atoms with E-state index < -0.39 is 10.1 Å². The number of rotatable bonds is 1. The molecule has 1 heterocycles. The second kappa shape index (κ2) is 4.28. The highest BCUT2D eigenvalue weighted by Gasteiger charge is 2.13. The van der Waals surface area contributed by atoms with Gasteiger partial charge in [0.2, 0.25) is 0 Å². The van der Waals surface area contributed by atoms with E-state index in [4.69, 9.17) is 8.97 Å². The summed E-state index contributed by atoms with van der Waals surface area (Å²) < 4.78 is 36.7. The van der Waals surface area contributed by atoms with Gasteiger partial charge in [-0.05, 0) is 24.3 Å². The van der Waals surface area contributed by atoms with Gasteiger partial charge in [-0.25, -0.2) is 0 Å². The molecule has 94 valence electrons. The van der Waals surface area contributed by atoms with Gasteiger partial charge < -0.3 is 4.42 Å². The fourth-order valence-electron chi connectivity index (χ4n) is 1.87. The third kappa shape index (κ3) is 1.96. The van der Waals surface area contributed by atoms with Crippen LogP contribution in [0.5, 0.6) is 0 Å². The molecule has 0 bridgehead atoms. The average Bonchev–Trinajstić information content (AvgIpc) is 2.65. The molecule has 0 spiro atoms. The van der Waals surface area contributed by atoms with Crippen LogP contribution < -0.4 is 0 Å². The van der Waals surface area contributed by atoms with E-state index in [0.29, 0.717) is 16.6 Å². The van der Waals surface area contributed by atoms with Crippen molar-refractivity contribution in [2.45, 2.75) is 4.90 Å². The number of benzene rings is 2. The molecule has 0 aliphatic carbocycles. The zero-order valence-electron chi connectivity index (χ0n) is 9.03. The summed E-state index contributed by atoms with van der Waals surface area (Å²) in [6.45, 7) is 0. The molecule has 6 heteroatoms. The zero-order chi connectivity index (χ0) is 12.0. The highest BCUT2D eigenvalue weighted by molar-refractivity contribution is 7.85. The topological polar surface area (TPSA) is 67.5 Å². The van der Waals surface area contributed by atoms with E-state index >= 15 is 0 Å². The maximum absolute atomic E-state index is 11.1. The molecule has 1 aromatic heterocycles. The number of hydrogen-bond acceptors (Lipinski definition) is 3. The molecule has 1 N–H and O–H groups in total. The van der Waals surface area contributed by atoms with E-state index in [1.54, 1.807) is 6.07 Å². The van der Waals surface area contributed by atoms with Crippen LogP contribution in [-0.4, -0.2) is 13.0 Å². The maximum Gasteiger partial charge on any atom is 0.294 e. The van der Waals surface area contributed by atoms with E-state index in [9.17, 15) is 8.42 Å². The Balaban J connectivity index is 0.00000120. The molecular weight excluding hydrogens is 276 g/mol. The van der Waals surface area contributed by atoms with E-state index in [2.05, 4.69) is 0 Å². The first kappa shape index (κ1) is 12.9. The van der Waals surface area contributed by atoms with Gasteiger partial charge >= 0.3 is 0 Å². The second-order valence-electron chi connectivity index (χ2n) is 3.73. The lowest BCUT2D eigenvalue weighted by Crippen LogP contribution is -1.96. The molecule has 0 saturated carbocycles. The van der Waals surface area contributed by atoms with Gasteiger partial charge in [-0.1, -0.05) is 18.2 Å². The molecule has 3 rings (SSSR count).